The van der Waals surface area contributed by atoms with Crippen molar-refractivity contribution in [2.45, 2.75) is 72.5 Å². The van der Waals surface area contributed by atoms with Gasteiger partial charge in [0.2, 0.25) is 11.8 Å². The van der Waals surface area contributed by atoms with Gasteiger partial charge in [-0.2, -0.15) is 0 Å². The minimum atomic E-state index is -0.605. The van der Waals surface area contributed by atoms with Gasteiger partial charge in [-0.3, -0.25) is 9.59 Å². The molecule has 2 amide bonds. The fraction of sp³-hybridized carbons (Fsp3) is 0.355. The highest BCUT2D eigenvalue weighted by atomic mass is 16.2. The van der Waals surface area contributed by atoms with Crippen LogP contribution in [0.3, 0.4) is 0 Å². The molecule has 0 unspecified atom stereocenters. The lowest BCUT2D eigenvalue weighted by Crippen LogP contribution is -2.52. The number of rotatable bonds is 10. The highest BCUT2D eigenvalue weighted by Gasteiger charge is 2.31. The van der Waals surface area contributed by atoms with E-state index in [0.717, 1.165) is 39.8 Å². The molecule has 3 rings (SSSR count). The van der Waals surface area contributed by atoms with Crippen LogP contribution in [-0.2, 0) is 29.0 Å². The molecule has 0 bridgehead atoms. The molecule has 0 saturated carbocycles. The maximum Gasteiger partial charge on any atom is 0.243 e. The Morgan fingerprint density at radius 1 is 0.800 bits per heavy atom. The second-order valence-electron chi connectivity index (χ2n) is 9.70. The number of hydrogen-bond acceptors (Lipinski definition) is 2. The van der Waals surface area contributed by atoms with Crippen LogP contribution in [0.1, 0.15) is 53.6 Å². The van der Waals surface area contributed by atoms with Crippen molar-refractivity contribution < 1.29 is 9.59 Å². The van der Waals surface area contributed by atoms with Gasteiger partial charge in [-0.15, -0.1) is 0 Å². The lowest BCUT2D eigenvalue weighted by atomic mass is 10.00. The minimum absolute atomic E-state index is 0.0384. The van der Waals surface area contributed by atoms with Crippen molar-refractivity contribution in [3.8, 4) is 0 Å². The molecule has 0 aliphatic carbocycles. The van der Waals surface area contributed by atoms with Crippen LogP contribution in [0.4, 0.5) is 0 Å². The van der Waals surface area contributed by atoms with Crippen LogP contribution in [0, 0.1) is 20.8 Å². The number of nitrogens with zero attached hydrogens (tertiary/aromatic N) is 1. The summed E-state index contributed by atoms with van der Waals surface area (Å²) in [6, 6.07) is 23.8. The fourth-order valence-electron chi connectivity index (χ4n) is 4.33. The Balaban J connectivity index is 1.98. The topological polar surface area (TPSA) is 49.4 Å². The van der Waals surface area contributed by atoms with Crippen molar-refractivity contribution in [3.05, 3.63) is 106 Å². The molecule has 0 spiro atoms. The molecule has 4 heteroatoms. The SMILES string of the molecule is CC[C@H](C)NC(=O)[C@H](Cc1ccccc1)N(Cc1ccc(C)cc1)C(=O)Cc1cc(C)cc(C)c1. The zero-order valence-corrected chi connectivity index (χ0v) is 21.7. The average molecular weight is 471 g/mol. The molecule has 0 heterocycles. The van der Waals surface area contributed by atoms with E-state index in [1.807, 2.05) is 89.2 Å². The first-order valence-electron chi connectivity index (χ1n) is 12.5. The summed E-state index contributed by atoms with van der Waals surface area (Å²) in [6.07, 6.45) is 1.56. The smallest absolute Gasteiger partial charge is 0.243 e. The van der Waals surface area contributed by atoms with Crippen molar-refractivity contribution in [2.24, 2.45) is 0 Å². The maximum atomic E-state index is 13.8. The Morgan fingerprint density at radius 2 is 1.43 bits per heavy atom. The predicted molar refractivity (Wildman–Crippen MR) is 143 cm³/mol. The fourth-order valence-corrected chi connectivity index (χ4v) is 4.33. The van der Waals surface area contributed by atoms with Gasteiger partial charge in [-0.05, 0) is 50.8 Å². The number of carbonyl (C=O) groups is 2. The lowest BCUT2D eigenvalue weighted by Gasteiger charge is -2.32. The normalized spacial score (nSPS) is 12.6. The van der Waals surface area contributed by atoms with E-state index >= 15 is 0 Å². The highest BCUT2D eigenvalue weighted by molar-refractivity contribution is 5.89. The third-order valence-corrected chi connectivity index (χ3v) is 6.38. The second-order valence-corrected chi connectivity index (χ2v) is 9.70. The predicted octanol–water partition coefficient (Wildman–Crippen LogP) is 5.71. The minimum Gasteiger partial charge on any atom is -0.352 e. The second kappa shape index (κ2) is 12.3. The Hall–Kier alpha value is -3.40. The Kier molecular flexibility index (Phi) is 9.25. The third-order valence-electron chi connectivity index (χ3n) is 6.38. The first-order valence-corrected chi connectivity index (χ1v) is 12.5. The quantitative estimate of drug-likeness (QED) is 0.413. The first-order chi connectivity index (χ1) is 16.7. The summed E-state index contributed by atoms with van der Waals surface area (Å²) in [4.78, 5) is 29.2. The van der Waals surface area contributed by atoms with Gasteiger partial charge in [-0.1, -0.05) is 96.4 Å². The Bertz CT molecular complexity index is 1100. The molecule has 35 heavy (non-hydrogen) atoms. The molecule has 0 aliphatic rings. The van der Waals surface area contributed by atoms with Crippen molar-refractivity contribution >= 4 is 11.8 Å². The van der Waals surface area contributed by atoms with Gasteiger partial charge in [0, 0.05) is 19.0 Å². The van der Waals surface area contributed by atoms with Crippen molar-refractivity contribution in [3.63, 3.8) is 0 Å². The molecular formula is C31H38N2O2. The number of benzene rings is 3. The van der Waals surface area contributed by atoms with Crippen LogP contribution < -0.4 is 5.32 Å². The van der Waals surface area contributed by atoms with Gasteiger partial charge < -0.3 is 10.2 Å². The van der Waals surface area contributed by atoms with E-state index in [0.29, 0.717) is 13.0 Å². The van der Waals surface area contributed by atoms with E-state index in [-0.39, 0.29) is 24.3 Å². The average Bonchev–Trinajstić information content (AvgIpc) is 2.82. The molecule has 0 aliphatic heterocycles. The summed E-state index contributed by atoms with van der Waals surface area (Å²) in [6.45, 7) is 10.6. The van der Waals surface area contributed by atoms with E-state index in [9.17, 15) is 9.59 Å². The molecule has 0 saturated heterocycles. The molecule has 4 nitrogen and oxygen atoms in total. The first kappa shape index (κ1) is 26.2. The summed E-state index contributed by atoms with van der Waals surface area (Å²) < 4.78 is 0. The number of amides is 2. The monoisotopic (exact) mass is 470 g/mol. The molecule has 0 radical (unpaired) electrons. The van der Waals surface area contributed by atoms with Gasteiger partial charge in [-0.25, -0.2) is 0 Å². The van der Waals surface area contributed by atoms with E-state index < -0.39 is 6.04 Å². The summed E-state index contributed by atoms with van der Waals surface area (Å²) >= 11 is 0. The van der Waals surface area contributed by atoms with Crippen molar-refractivity contribution in [1.29, 1.82) is 0 Å². The molecule has 184 valence electrons. The molecular weight excluding hydrogens is 432 g/mol. The number of nitrogens with one attached hydrogen (secondary N) is 1. The van der Waals surface area contributed by atoms with Crippen LogP contribution in [0.25, 0.3) is 0 Å². The summed E-state index contributed by atoms with van der Waals surface area (Å²) in [5, 5.41) is 3.13. The van der Waals surface area contributed by atoms with Crippen LogP contribution in [-0.4, -0.2) is 28.8 Å². The van der Waals surface area contributed by atoms with E-state index in [2.05, 4.69) is 23.5 Å². The lowest BCUT2D eigenvalue weighted by molar-refractivity contribution is -0.141. The summed E-state index contributed by atoms with van der Waals surface area (Å²) in [5.41, 5.74) is 6.45. The van der Waals surface area contributed by atoms with Gasteiger partial charge in [0.25, 0.3) is 0 Å². The van der Waals surface area contributed by atoms with Gasteiger partial charge in [0.1, 0.15) is 6.04 Å². The van der Waals surface area contributed by atoms with Crippen LogP contribution in [0.2, 0.25) is 0 Å². The molecule has 3 aromatic rings. The van der Waals surface area contributed by atoms with Gasteiger partial charge >= 0.3 is 0 Å². The van der Waals surface area contributed by atoms with Crippen molar-refractivity contribution in [2.75, 3.05) is 0 Å². The molecule has 2 atom stereocenters. The number of hydrogen-bond donors (Lipinski definition) is 1. The maximum absolute atomic E-state index is 13.8. The Morgan fingerprint density at radius 3 is 2.03 bits per heavy atom. The van der Waals surface area contributed by atoms with Crippen LogP contribution >= 0.6 is 0 Å². The van der Waals surface area contributed by atoms with Gasteiger partial charge in [0.05, 0.1) is 6.42 Å². The molecule has 0 fully saturated rings. The summed E-state index contributed by atoms with van der Waals surface area (Å²) in [5.74, 6) is -0.153. The van der Waals surface area contributed by atoms with Gasteiger partial charge in [0.15, 0.2) is 0 Å². The standard InChI is InChI=1S/C31H38N2O2/c1-6-25(5)32-31(35)29(19-26-10-8-7-9-11-26)33(21-27-14-12-22(2)13-15-27)30(34)20-28-17-23(3)16-24(4)18-28/h7-18,25,29H,6,19-21H2,1-5H3,(H,32,35)/t25-,29-/m0/s1. The zero-order chi connectivity index (χ0) is 25.4. The van der Waals surface area contributed by atoms with E-state index in [1.165, 1.54) is 0 Å². The van der Waals surface area contributed by atoms with Crippen molar-refractivity contribution in [1.82, 2.24) is 10.2 Å². The van der Waals surface area contributed by atoms with Crippen LogP contribution in [0.5, 0.6) is 0 Å². The zero-order valence-electron chi connectivity index (χ0n) is 21.7. The third kappa shape index (κ3) is 7.81. The van der Waals surface area contributed by atoms with E-state index in [1.54, 1.807) is 4.90 Å². The largest absolute Gasteiger partial charge is 0.352 e. The number of carbonyl (C=O) groups excluding carboxylic acids is 2. The number of aryl methyl sites for hydroxylation is 3. The molecule has 3 aromatic carbocycles. The summed E-state index contributed by atoms with van der Waals surface area (Å²) in [7, 11) is 0. The molecule has 1 N–H and O–H groups in total. The molecule has 0 aromatic heterocycles. The van der Waals surface area contributed by atoms with E-state index in [4.69, 9.17) is 0 Å². The highest BCUT2D eigenvalue weighted by Crippen LogP contribution is 2.18. The van der Waals surface area contributed by atoms with Crippen LogP contribution in [0.15, 0.2) is 72.8 Å². The Labute approximate surface area is 210 Å².